The molecule has 2 bridgehead atoms. The molecule has 4 aliphatic rings. The van der Waals surface area contributed by atoms with Gasteiger partial charge in [-0.15, -0.1) is 0 Å². The Balaban J connectivity index is 1.29. The lowest BCUT2D eigenvalue weighted by Gasteiger charge is -2.62. The van der Waals surface area contributed by atoms with E-state index in [-0.39, 0.29) is 43.6 Å². The number of rotatable bonds is 16. The first kappa shape index (κ1) is 41.6. The van der Waals surface area contributed by atoms with E-state index >= 15 is 0 Å². The van der Waals surface area contributed by atoms with Crippen LogP contribution in [0.5, 0.6) is 5.75 Å². The lowest BCUT2D eigenvalue weighted by atomic mass is 9.45. The van der Waals surface area contributed by atoms with Gasteiger partial charge in [0.25, 0.3) is 5.91 Å². The summed E-state index contributed by atoms with van der Waals surface area (Å²) < 4.78 is 6.41. The number of aliphatic hydroxyl groups excluding tert-OH is 1. The van der Waals surface area contributed by atoms with Crippen molar-refractivity contribution in [1.82, 2.24) is 20.6 Å². The van der Waals surface area contributed by atoms with E-state index in [2.05, 4.69) is 54.5 Å². The number of nitrogens with two attached hydrogens (primary N) is 1. The van der Waals surface area contributed by atoms with E-state index in [0.717, 1.165) is 34.4 Å². The Morgan fingerprint density at radius 3 is 2.43 bits per heavy atom. The largest absolute Gasteiger partial charge is 0.493 e. The lowest BCUT2D eigenvalue weighted by Crippen LogP contribution is -2.62. The molecule has 1 heterocycles. The molecular formula is C45H64N6O5. The summed E-state index contributed by atoms with van der Waals surface area (Å²) in [6.45, 7) is 10.2. The monoisotopic (exact) mass is 768 g/mol. The number of nitrogens with one attached hydrogen (secondary N) is 2. The molecule has 11 nitrogen and oxygen atoms in total. The first-order valence-corrected chi connectivity index (χ1v) is 20.4. The van der Waals surface area contributed by atoms with Gasteiger partial charge < -0.3 is 36.0 Å². The second-order valence-corrected chi connectivity index (χ2v) is 17.3. The summed E-state index contributed by atoms with van der Waals surface area (Å²) in [5.41, 5.74) is 11.5. The van der Waals surface area contributed by atoms with Crippen LogP contribution in [0.4, 0.5) is 5.69 Å². The van der Waals surface area contributed by atoms with Gasteiger partial charge in [-0.25, -0.2) is 0 Å². The van der Waals surface area contributed by atoms with Crippen molar-refractivity contribution in [2.24, 2.45) is 34.8 Å². The maximum Gasteiger partial charge on any atom is 0.251 e. The zero-order valence-electron chi connectivity index (χ0n) is 34.6. The zero-order valence-corrected chi connectivity index (χ0v) is 34.6. The molecule has 11 heteroatoms. The summed E-state index contributed by atoms with van der Waals surface area (Å²) in [6.07, 6.45) is 2.38. The molecule has 0 spiro atoms. The van der Waals surface area contributed by atoms with Crippen LogP contribution in [0.3, 0.4) is 0 Å². The van der Waals surface area contributed by atoms with Crippen LogP contribution in [0, 0.1) is 29.1 Å². The summed E-state index contributed by atoms with van der Waals surface area (Å²) in [7, 11) is 7.95. The molecule has 3 aromatic carbocycles. The van der Waals surface area contributed by atoms with E-state index in [1.807, 2.05) is 88.5 Å². The number of carbonyl (C=O) groups is 2. The number of fused-ring (bicyclic) bond motifs is 2. The highest BCUT2D eigenvalue weighted by Gasteiger charge is 2.57. The molecule has 8 atom stereocenters. The van der Waals surface area contributed by atoms with Crippen molar-refractivity contribution in [2.75, 3.05) is 59.4 Å². The molecule has 2 amide bonds. The number of ether oxygens (including phenoxy) is 1. The van der Waals surface area contributed by atoms with Crippen molar-refractivity contribution in [3.05, 3.63) is 83.4 Å². The SMILES string of the molecule is CCOc1c(CN2O[C@@H](CN)C(CO)C2C(=O)NC2C[C@H]3C[C@@H]([C@@H]2C)C3(C)C)cccc1-c1cc(C(=O)N[C@@H](Cc2ccccc2)CN(C)C)cc(N(C)C)c1. The molecule has 3 aliphatic carbocycles. The number of aliphatic hydroxyl groups is 1. The lowest BCUT2D eigenvalue weighted by molar-refractivity contribution is -0.175. The van der Waals surface area contributed by atoms with Crippen molar-refractivity contribution in [3.63, 3.8) is 0 Å². The summed E-state index contributed by atoms with van der Waals surface area (Å²) in [6, 6.07) is 21.3. The van der Waals surface area contributed by atoms with Crippen molar-refractivity contribution in [2.45, 2.75) is 77.7 Å². The third-order valence-corrected chi connectivity index (χ3v) is 12.8. The third-order valence-electron chi connectivity index (χ3n) is 12.8. The Hall–Kier alpha value is -4.00. The number of anilines is 1. The summed E-state index contributed by atoms with van der Waals surface area (Å²) in [5.74, 6) is 1.41. The van der Waals surface area contributed by atoms with Crippen LogP contribution in [0.2, 0.25) is 0 Å². The summed E-state index contributed by atoms with van der Waals surface area (Å²) in [5, 5.41) is 19.0. The van der Waals surface area contributed by atoms with Gasteiger partial charge >= 0.3 is 0 Å². The number of nitrogens with zero attached hydrogens (tertiary/aromatic N) is 3. The Labute approximate surface area is 333 Å². The molecule has 3 unspecified atom stereocenters. The molecule has 0 radical (unpaired) electrons. The third kappa shape index (κ3) is 8.77. The Morgan fingerprint density at radius 1 is 1.05 bits per heavy atom. The number of hydrogen-bond acceptors (Lipinski definition) is 9. The van der Waals surface area contributed by atoms with E-state index in [1.165, 1.54) is 6.42 Å². The van der Waals surface area contributed by atoms with Crippen LogP contribution in [-0.4, -0.2) is 106 Å². The molecular weight excluding hydrogens is 705 g/mol. The average Bonchev–Trinajstić information content (AvgIpc) is 3.53. The highest BCUT2D eigenvalue weighted by atomic mass is 16.7. The molecule has 304 valence electrons. The highest BCUT2D eigenvalue weighted by molar-refractivity contribution is 5.97. The van der Waals surface area contributed by atoms with Crippen LogP contribution in [-0.2, 0) is 22.6 Å². The average molecular weight is 769 g/mol. The number of hydrogen-bond donors (Lipinski definition) is 4. The fourth-order valence-electron chi connectivity index (χ4n) is 9.58. The van der Waals surface area contributed by atoms with Crippen LogP contribution in [0.1, 0.15) is 62.0 Å². The number of likely N-dealkylation sites (N-methyl/N-ethyl adjacent to an activating group) is 1. The van der Waals surface area contributed by atoms with E-state index in [0.29, 0.717) is 54.1 Å². The van der Waals surface area contributed by atoms with Crippen molar-refractivity contribution in [1.29, 1.82) is 0 Å². The van der Waals surface area contributed by atoms with E-state index in [4.69, 9.17) is 15.3 Å². The van der Waals surface area contributed by atoms with E-state index in [1.54, 1.807) is 5.06 Å². The van der Waals surface area contributed by atoms with Gasteiger partial charge in [0.2, 0.25) is 5.91 Å². The predicted molar refractivity (Wildman–Crippen MR) is 222 cm³/mol. The van der Waals surface area contributed by atoms with Crippen molar-refractivity contribution >= 4 is 17.5 Å². The van der Waals surface area contributed by atoms with Crippen LogP contribution >= 0.6 is 0 Å². The molecule has 1 saturated heterocycles. The van der Waals surface area contributed by atoms with Gasteiger partial charge in [-0.1, -0.05) is 69.3 Å². The fraction of sp³-hybridized carbons (Fsp3) is 0.556. The van der Waals surface area contributed by atoms with Crippen LogP contribution in [0.25, 0.3) is 11.1 Å². The summed E-state index contributed by atoms with van der Waals surface area (Å²) in [4.78, 5) is 38.8. The van der Waals surface area contributed by atoms with Gasteiger partial charge in [0.05, 0.1) is 25.9 Å². The molecule has 0 aromatic heterocycles. The number of amides is 2. The summed E-state index contributed by atoms with van der Waals surface area (Å²) >= 11 is 0. The van der Waals surface area contributed by atoms with Crippen LogP contribution in [0.15, 0.2) is 66.7 Å². The Morgan fingerprint density at radius 2 is 1.80 bits per heavy atom. The number of benzene rings is 3. The fourth-order valence-corrected chi connectivity index (χ4v) is 9.58. The van der Waals surface area contributed by atoms with E-state index in [9.17, 15) is 14.7 Å². The maximum absolute atomic E-state index is 14.3. The van der Waals surface area contributed by atoms with Gasteiger partial charge in [-0.2, -0.15) is 5.06 Å². The van der Waals surface area contributed by atoms with Crippen molar-refractivity contribution in [3.8, 4) is 16.9 Å². The number of para-hydroxylation sites is 1. The quantitative estimate of drug-likeness (QED) is 0.160. The van der Waals surface area contributed by atoms with Crippen molar-refractivity contribution < 1.29 is 24.3 Å². The molecule has 7 rings (SSSR count). The topological polar surface area (TPSA) is 133 Å². The minimum atomic E-state index is -0.733. The second kappa shape index (κ2) is 17.6. The molecule has 56 heavy (non-hydrogen) atoms. The van der Waals surface area contributed by atoms with Gasteiger partial charge in [0.1, 0.15) is 11.8 Å². The Bertz CT molecular complexity index is 1820. The maximum atomic E-state index is 14.3. The molecule has 4 fully saturated rings. The molecule has 3 saturated carbocycles. The van der Waals surface area contributed by atoms with Gasteiger partial charge in [0, 0.05) is 67.6 Å². The molecule has 1 aliphatic heterocycles. The van der Waals surface area contributed by atoms with Crippen LogP contribution < -0.4 is 26.0 Å². The standard InChI is InChI=1S/C45H64N6O5/c1-9-55-42-30(25-51-41(37(27-52)40(24-46)56-51)44(54)48-39-23-33-22-38(28(39)2)45(33,3)4)16-13-17-36(42)31-19-32(21-35(20-31)50(7)8)43(53)47-34(26-49(5)6)18-29-14-11-10-12-15-29/h10-17,19-21,28,33-34,37-41,52H,9,18,22-27,46H2,1-8H3,(H,47,53)(H,48,54)/t28-,33+,34-,37?,38-,39?,40-,41?/m0/s1. The zero-order chi connectivity index (χ0) is 40.3. The predicted octanol–water partition coefficient (Wildman–Crippen LogP) is 4.96. The minimum absolute atomic E-state index is 0.0755. The van der Waals surface area contributed by atoms with Gasteiger partial charge in [-0.3, -0.25) is 14.4 Å². The smallest absolute Gasteiger partial charge is 0.251 e. The normalized spacial score (nSPS) is 26.0. The number of carbonyl (C=O) groups excluding carboxylic acids is 2. The van der Waals surface area contributed by atoms with E-state index < -0.39 is 18.1 Å². The number of hydroxylamine groups is 2. The second-order valence-electron chi connectivity index (χ2n) is 17.3. The minimum Gasteiger partial charge on any atom is -0.493 e. The van der Waals surface area contributed by atoms with Gasteiger partial charge in [0.15, 0.2) is 0 Å². The molecule has 3 aromatic rings. The van der Waals surface area contributed by atoms with Gasteiger partial charge in [-0.05, 0) is 92.8 Å². The first-order chi connectivity index (χ1) is 26.7. The molecule has 5 N–H and O–H groups in total. The highest BCUT2D eigenvalue weighted by Crippen LogP contribution is 2.61. The first-order valence-electron chi connectivity index (χ1n) is 20.4. The Kier molecular flexibility index (Phi) is 13.1.